The summed E-state index contributed by atoms with van der Waals surface area (Å²) in [4.78, 5) is 23.6. The molecule has 1 N–H and O–H groups in total. The lowest BCUT2D eigenvalue weighted by atomic mass is 10.1. The third-order valence-electron chi connectivity index (χ3n) is 2.91. The summed E-state index contributed by atoms with van der Waals surface area (Å²) in [5.74, 6) is -1.02. The van der Waals surface area contributed by atoms with Crippen LogP contribution in [-0.2, 0) is 0 Å². The maximum Gasteiger partial charge on any atom is 0.354 e. The quantitative estimate of drug-likeness (QED) is 0.754. The zero-order valence-corrected chi connectivity index (χ0v) is 10.1. The second-order valence-corrected chi connectivity index (χ2v) is 4.09. The molecule has 0 bridgehead atoms. The Morgan fingerprint density at radius 3 is 2.68 bits per heavy atom. The fourth-order valence-corrected chi connectivity index (χ4v) is 2.07. The summed E-state index contributed by atoms with van der Waals surface area (Å²) < 4.78 is 1.49. The number of pyridine rings is 1. The van der Waals surface area contributed by atoms with Crippen LogP contribution in [0.25, 0.3) is 16.8 Å². The van der Waals surface area contributed by atoms with Gasteiger partial charge < -0.3 is 5.11 Å². The minimum Gasteiger partial charge on any atom is -0.477 e. The number of rotatable bonds is 2. The van der Waals surface area contributed by atoms with Gasteiger partial charge in [0, 0.05) is 24.2 Å². The first kappa shape index (κ1) is 11.3. The van der Waals surface area contributed by atoms with Gasteiger partial charge in [-0.15, -0.1) is 0 Å². The second-order valence-electron chi connectivity index (χ2n) is 4.09. The Balaban J connectivity index is 2.34. The van der Waals surface area contributed by atoms with Gasteiger partial charge in [0.2, 0.25) is 0 Å². The van der Waals surface area contributed by atoms with Crippen LogP contribution in [0.5, 0.6) is 0 Å². The maximum atomic E-state index is 11.2. The Bertz CT molecular complexity index is 765. The van der Waals surface area contributed by atoms with E-state index < -0.39 is 5.97 Å². The summed E-state index contributed by atoms with van der Waals surface area (Å²) in [6.07, 6.45) is 6.48. The molecule has 0 atom stereocenters. The first-order chi connectivity index (χ1) is 9.18. The Hall–Kier alpha value is -2.76. The number of imidazole rings is 1. The number of aromatic carboxylic acids is 1. The fourth-order valence-electron chi connectivity index (χ4n) is 2.07. The van der Waals surface area contributed by atoms with E-state index in [1.54, 1.807) is 25.5 Å². The van der Waals surface area contributed by atoms with E-state index in [0.29, 0.717) is 11.3 Å². The van der Waals surface area contributed by atoms with E-state index in [1.807, 2.05) is 12.1 Å². The molecule has 0 aliphatic carbocycles. The molecule has 0 spiro atoms. The van der Waals surface area contributed by atoms with Gasteiger partial charge in [0.05, 0.1) is 5.69 Å². The molecule has 0 amide bonds. The van der Waals surface area contributed by atoms with E-state index in [2.05, 4.69) is 15.0 Å². The summed E-state index contributed by atoms with van der Waals surface area (Å²) in [5, 5.41) is 9.22. The summed E-state index contributed by atoms with van der Waals surface area (Å²) in [6, 6.07) is 3.67. The third kappa shape index (κ3) is 1.74. The molecule has 0 unspecified atom stereocenters. The van der Waals surface area contributed by atoms with E-state index in [-0.39, 0.29) is 5.69 Å². The predicted octanol–water partition coefficient (Wildman–Crippen LogP) is 1.80. The summed E-state index contributed by atoms with van der Waals surface area (Å²) in [5.41, 5.74) is 2.86. The number of aryl methyl sites for hydroxylation is 1. The van der Waals surface area contributed by atoms with Crippen LogP contribution in [0.3, 0.4) is 0 Å². The molecule has 0 saturated carbocycles. The molecule has 0 saturated heterocycles. The number of aromatic nitrogens is 4. The van der Waals surface area contributed by atoms with Crippen molar-refractivity contribution in [2.75, 3.05) is 0 Å². The minimum absolute atomic E-state index is 0.137. The van der Waals surface area contributed by atoms with Gasteiger partial charge in [-0.2, -0.15) is 0 Å². The molecule has 0 aliphatic heterocycles. The van der Waals surface area contributed by atoms with Gasteiger partial charge in [-0.05, 0) is 24.6 Å². The molecule has 19 heavy (non-hydrogen) atoms. The molecule has 0 aliphatic rings. The molecule has 3 aromatic rings. The topological polar surface area (TPSA) is 80.4 Å². The number of fused-ring (bicyclic) bond motifs is 1. The highest BCUT2D eigenvalue weighted by atomic mass is 16.4. The van der Waals surface area contributed by atoms with Crippen molar-refractivity contribution < 1.29 is 9.90 Å². The molecule has 0 aromatic carbocycles. The van der Waals surface area contributed by atoms with Crippen LogP contribution in [0.15, 0.2) is 37.1 Å². The van der Waals surface area contributed by atoms with E-state index in [1.165, 1.54) is 10.7 Å². The first-order valence-corrected chi connectivity index (χ1v) is 5.65. The highest BCUT2D eigenvalue weighted by Crippen LogP contribution is 2.24. The van der Waals surface area contributed by atoms with Crippen molar-refractivity contribution in [3.05, 3.63) is 48.4 Å². The lowest BCUT2D eigenvalue weighted by Gasteiger charge is -2.03. The zero-order valence-electron chi connectivity index (χ0n) is 10.1. The standard InChI is InChI=1S/C13H10N4O2/c1-8-11(13(18)19)17-7-15-6-10(12(17)16-8)9-2-4-14-5-3-9/h2-7H,1H3,(H,18,19). The lowest BCUT2D eigenvalue weighted by molar-refractivity contribution is 0.0688. The van der Waals surface area contributed by atoms with Crippen molar-refractivity contribution in [3.8, 4) is 11.1 Å². The van der Waals surface area contributed by atoms with Crippen LogP contribution < -0.4 is 0 Å². The lowest BCUT2D eigenvalue weighted by Crippen LogP contribution is -2.04. The van der Waals surface area contributed by atoms with Gasteiger partial charge in [-0.1, -0.05) is 0 Å². The number of hydrogen-bond donors (Lipinski definition) is 1. The van der Waals surface area contributed by atoms with Gasteiger partial charge in [-0.3, -0.25) is 9.38 Å². The van der Waals surface area contributed by atoms with E-state index >= 15 is 0 Å². The normalized spacial score (nSPS) is 10.8. The van der Waals surface area contributed by atoms with Crippen molar-refractivity contribution in [3.63, 3.8) is 0 Å². The van der Waals surface area contributed by atoms with Crippen molar-refractivity contribution in [2.24, 2.45) is 0 Å². The predicted molar refractivity (Wildman–Crippen MR) is 67.9 cm³/mol. The summed E-state index contributed by atoms with van der Waals surface area (Å²) in [7, 11) is 0. The molecule has 6 heteroatoms. The average Bonchev–Trinajstić information content (AvgIpc) is 2.75. The van der Waals surface area contributed by atoms with Crippen LogP contribution in [0.1, 0.15) is 16.2 Å². The largest absolute Gasteiger partial charge is 0.477 e. The van der Waals surface area contributed by atoms with Crippen molar-refractivity contribution >= 4 is 11.6 Å². The van der Waals surface area contributed by atoms with E-state index in [4.69, 9.17) is 0 Å². The molecule has 6 nitrogen and oxygen atoms in total. The van der Waals surface area contributed by atoms with Gasteiger partial charge >= 0.3 is 5.97 Å². The molecule has 0 fully saturated rings. The number of nitrogens with zero attached hydrogens (tertiary/aromatic N) is 4. The number of carboxylic acids is 1. The molecule has 94 valence electrons. The van der Waals surface area contributed by atoms with Gasteiger partial charge in [0.15, 0.2) is 5.69 Å². The molecule has 3 heterocycles. The van der Waals surface area contributed by atoms with Crippen LogP contribution in [0.4, 0.5) is 0 Å². The maximum absolute atomic E-state index is 11.2. The Morgan fingerprint density at radius 1 is 1.26 bits per heavy atom. The SMILES string of the molecule is Cc1nc2c(-c3ccncc3)cncn2c1C(=O)O. The number of carboxylic acid groups (broad SMARTS) is 1. The van der Waals surface area contributed by atoms with Crippen LogP contribution >= 0.6 is 0 Å². The van der Waals surface area contributed by atoms with Crippen LogP contribution in [-0.4, -0.2) is 30.4 Å². The van der Waals surface area contributed by atoms with Crippen LogP contribution in [0.2, 0.25) is 0 Å². The van der Waals surface area contributed by atoms with Crippen molar-refractivity contribution in [2.45, 2.75) is 6.92 Å². The molecule has 0 radical (unpaired) electrons. The van der Waals surface area contributed by atoms with Crippen molar-refractivity contribution in [1.29, 1.82) is 0 Å². The summed E-state index contributed by atoms with van der Waals surface area (Å²) in [6.45, 7) is 1.67. The highest BCUT2D eigenvalue weighted by molar-refractivity contribution is 5.90. The van der Waals surface area contributed by atoms with Gasteiger partial charge in [0.25, 0.3) is 0 Å². The van der Waals surface area contributed by atoms with E-state index in [9.17, 15) is 9.90 Å². The molecular formula is C13H10N4O2. The fraction of sp³-hybridized carbons (Fsp3) is 0.0769. The Kier molecular flexibility index (Phi) is 2.49. The Labute approximate surface area is 108 Å². The first-order valence-electron chi connectivity index (χ1n) is 5.65. The van der Waals surface area contributed by atoms with Crippen molar-refractivity contribution in [1.82, 2.24) is 19.4 Å². The van der Waals surface area contributed by atoms with E-state index in [0.717, 1.165) is 11.1 Å². The van der Waals surface area contributed by atoms with Crippen LogP contribution in [0, 0.1) is 6.92 Å². The molecule has 3 aromatic heterocycles. The average molecular weight is 254 g/mol. The Morgan fingerprint density at radius 2 is 2.00 bits per heavy atom. The third-order valence-corrected chi connectivity index (χ3v) is 2.91. The molecular weight excluding hydrogens is 244 g/mol. The van der Waals surface area contributed by atoms with Gasteiger partial charge in [0.1, 0.15) is 12.0 Å². The highest BCUT2D eigenvalue weighted by Gasteiger charge is 2.18. The molecule has 3 rings (SSSR count). The van der Waals surface area contributed by atoms with Gasteiger partial charge in [-0.25, -0.2) is 14.8 Å². The zero-order chi connectivity index (χ0) is 13.4. The minimum atomic E-state index is -1.02. The second kappa shape index (κ2) is 4.16. The monoisotopic (exact) mass is 254 g/mol. The summed E-state index contributed by atoms with van der Waals surface area (Å²) >= 11 is 0. The number of hydrogen-bond acceptors (Lipinski definition) is 4. The number of carbonyl (C=O) groups is 1. The smallest absolute Gasteiger partial charge is 0.354 e.